The van der Waals surface area contributed by atoms with Gasteiger partial charge in [0.05, 0.1) is 5.60 Å². The van der Waals surface area contributed by atoms with E-state index in [0.717, 1.165) is 42.9 Å². The zero-order valence-corrected chi connectivity index (χ0v) is 21.1. The van der Waals surface area contributed by atoms with Crippen LogP contribution in [-0.2, 0) is 9.53 Å². The second-order valence-corrected chi connectivity index (χ2v) is 13.0. The summed E-state index contributed by atoms with van der Waals surface area (Å²) in [5.41, 5.74) is -0.211. The van der Waals surface area contributed by atoms with E-state index in [1.54, 1.807) is 0 Å². The van der Waals surface area contributed by atoms with Gasteiger partial charge in [-0.1, -0.05) is 53.9 Å². The van der Waals surface area contributed by atoms with Gasteiger partial charge in [0, 0.05) is 13.3 Å². The summed E-state index contributed by atoms with van der Waals surface area (Å²) >= 11 is 0. The Morgan fingerprint density at radius 3 is 2.42 bits per heavy atom. The van der Waals surface area contributed by atoms with Crippen molar-refractivity contribution in [3.63, 3.8) is 0 Å². The van der Waals surface area contributed by atoms with Crippen molar-refractivity contribution < 1.29 is 14.6 Å². The van der Waals surface area contributed by atoms with E-state index in [9.17, 15) is 9.90 Å². The SMILES string of the molecule is CC(=O)O[C@H]1CC[C@]2(C)[C@H]3CC[C@]4(C)[C@@H]([C@H](C)CCCC(C)C)CC[C@H]4[C@@H]3C[C@]2(O)C1. The fourth-order valence-electron chi connectivity index (χ4n) is 9.37. The first-order valence-corrected chi connectivity index (χ1v) is 13.4. The number of hydrogen-bond donors (Lipinski definition) is 1. The summed E-state index contributed by atoms with van der Waals surface area (Å²) in [6, 6.07) is 0. The Hall–Kier alpha value is -0.570. The average Bonchev–Trinajstić information content (AvgIpc) is 3.12. The third kappa shape index (κ3) is 3.89. The second kappa shape index (κ2) is 8.33. The fourth-order valence-corrected chi connectivity index (χ4v) is 9.37. The molecule has 0 aromatic carbocycles. The maximum absolute atomic E-state index is 11.9. The van der Waals surface area contributed by atoms with Crippen LogP contribution in [0, 0.1) is 46.3 Å². The van der Waals surface area contributed by atoms with E-state index >= 15 is 0 Å². The van der Waals surface area contributed by atoms with Crippen LogP contribution in [0.2, 0.25) is 0 Å². The minimum atomic E-state index is -0.660. The molecule has 4 saturated carbocycles. The first-order chi connectivity index (χ1) is 14.5. The fraction of sp³-hybridized carbons (Fsp3) is 0.964. The molecule has 0 unspecified atom stereocenters. The molecule has 3 nitrogen and oxygen atoms in total. The van der Waals surface area contributed by atoms with E-state index in [4.69, 9.17) is 4.74 Å². The average molecular weight is 433 g/mol. The molecule has 178 valence electrons. The number of esters is 1. The molecule has 0 radical (unpaired) electrons. The number of fused-ring (bicyclic) bond motifs is 5. The molecule has 0 aromatic heterocycles. The minimum Gasteiger partial charge on any atom is -0.462 e. The zero-order valence-electron chi connectivity index (χ0n) is 21.1. The summed E-state index contributed by atoms with van der Waals surface area (Å²) in [5, 5.41) is 11.9. The Balaban J connectivity index is 1.49. The lowest BCUT2D eigenvalue weighted by molar-refractivity contribution is -0.167. The highest BCUT2D eigenvalue weighted by Crippen LogP contribution is 2.71. The van der Waals surface area contributed by atoms with Crippen molar-refractivity contribution in [3.05, 3.63) is 0 Å². The molecule has 0 heterocycles. The van der Waals surface area contributed by atoms with E-state index < -0.39 is 5.60 Å². The molecule has 3 heteroatoms. The van der Waals surface area contributed by atoms with Gasteiger partial charge in [0.2, 0.25) is 0 Å². The van der Waals surface area contributed by atoms with Gasteiger partial charge in [0.25, 0.3) is 0 Å². The molecule has 31 heavy (non-hydrogen) atoms. The van der Waals surface area contributed by atoms with E-state index in [1.807, 2.05) is 0 Å². The van der Waals surface area contributed by atoms with Gasteiger partial charge in [0.1, 0.15) is 6.10 Å². The van der Waals surface area contributed by atoms with Crippen molar-refractivity contribution >= 4 is 5.97 Å². The number of rotatable bonds is 6. The third-order valence-corrected chi connectivity index (χ3v) is 11.0. The van der Waals surface area contributed by atoms with Crippen LogP contribution in [0.4, 0.5) is 0 Å². The molecule has 4 fully saturated rings. The monoisotopic (exact) mass is 432 g/mol. The molecule has 0 bridgehead atoms. The van der Waals surface area contributed by atoms with Gasteiger partial charge in [0.15, 0.2) is 0 Å². The van der Waals surface area contributed by atoms with E-state index in [1.165, 1.54) is 51.9 Å². The van der Waals surface area contributed by atoms with Gasteiger partial charge in [-0.2, -0.15) is 0 Å². The van der Waals surface area contributed by atoms with Gasteiger partial charge >= 0.3 is 5.97 Å². The normalized spacial score (nSPS) is 47.5. The minimum absolute atomic E-state index is 0.00336. The lowest BCUT2D eigenvalue weighted by Crippen LogP contribution is -2.52. The number of carbonyl (C=O) groups is 1. The lowest BCUT2D eigenvalue weighted by Gasteiger charge is -2.53. The maximum Gasteiger partial charge on any atom is 0.302 e. The highest BCUT2D eigenvalue weighted by atomic mass is 16.5. The molecule has 0 amide bonds. The number of hydrogen-bond acceptors (Lipinski definition) is 3. The first kappa shape index (κ1) is 23.6. The smallest absolute Gasteiger partial charge is 0.302 e. The molecule has 0 aliphatic heterocycles. The Labute approximate surface area is 191 Å². The summed E-state index contributed by atoms with van der Waals surface area (Å²) in [7, 11) is 0. The number of carbonyl (C=O) groups excluding carboxylic acids is 1. The Morgan fingerprint density at radius 2 is 1.74 bits per heavy atom. The van der Waals surface area contributed by atoms with E-state index in [-0.39, 0.29) is 17.5 Å². The van der Waals surface area contributed by atoms with Gasteiger partial charge in [-0.25, -0.2) is 0 Å². The van der Waals surface area contributed by atoms with Crippen LogP contribution in [0.25, 0.3) is 0 Å². The molecule has 4 aliphatic rings. The standard InChI is InChI=1S/C28H48O3/c1-18(2)8-7-9-19(3)23-10-11-24-22-17-28(30)16-21(31-20(4)29)12-15-27(28,6)25(22)13-14-26(23,24)5/h18-19,21-25,30H,7-17H2,1-6H3/t19-,21+,22+,23-,24+,25+,26-,27-,28-/m1/s1. The van der Waals surface area contributed by atoms with Crippen LogP contribution < -0.4 is 0 Å². The van der Waals surface area contributed by atoms with Crippen molar-refractivity contribution in [3.8, 4) is 0 Å². The molecule has 9 atom stereocenters. The Morgan fingerprint density at radius 1 is 1.00 bits per heavy atom. The van der Waals surface area contributed by atoms with E-state index in [0.29, 0.717) is 23.7 Å². The van der Waals surface area contributed by atoms with Crippen molar-refractivity contribution in [2.45, 2.75) is 124 Å². The predicted molar refractivity (Wildman–Crippen MR) is 125 cm³/mol. The molecular weight excluding hydrogens is 384 g/mol. The quantitative estimate of drug-likeness (QED) is 0.471. The van der Waals surface area contributed by atoms with Gasteiger partial charge < -0.3 is 9.84 Å². The van der Waals surface area contributed by atoms with Crippen molar-refractivity contribution in [1.82, 2.24) is 0 Å². The molecular formula is C28H48O3. The van der Waals surface area contributed by atoms with Crippen molar-refractivity contribution in [2.24, 2.45) is 46.3 Å². The van der Waals surface area contributed by atoms with Crippen LogP contribution in [0.5, 0.6) is 0 Å². The summed E-state index contributed by atoms with van der Waals surface area (Å²) < 4.78 is 5.57. The molecule has 0 aromatic rings. The van der Waals surface area contributed by atoms with Crippen LogP contribution in [-0.4, -0.2) is 22.8 Å². The van der Waals surface area contributed by atoms with Crippen LogP contribution in [0.3, 0.4) is 0 Å². The molecule has 4 aliphatic carbocycles. The van der Waals surface area contributed by atoms with Crippen LogP contribution in [0.15, 0.2) is 0 Å². The third-order valence-electron chi connectivity index (χ3n) is 11.0. The summed E-state index contributed by atoms with van der Waals surface area (Å²) in [6.07, 6.45) is 12.9. The Kier molecular flexibility index (Phi) is 6.34. The van der Waals surface area contributed by atoms with Crippen LogP contribution in [0.1, 0.15) is 112 Å². The summed E-state index contributed by atoms with van der Waals surface area (Å²) in [4.78, 5) is 11.5. The number of ether oxygens (including phenoxy) is 1. The van der Waals surface area contributed by atoms with Crippen LogP contribution >= 0.6 is 0 Å². The predicted octanol–water partition coefficient (Wildman–Crippen LogP) is 6.76. The topological polar surface area (TPSA) is 46.5 Å². The number of aliphatic hydroxyl groups is 1. The van der Waals surface area contributed by atoms with Crippen molar-refractivity contribution in [2.75, 3.05) is 0 Å². The highest BCUT2D eigenvalue weighted by molar-refractivity contribution is 5.66. The summed E-state index contributed by atoms with van der Waals surface area (Å²) in [5.74, 6) is 4.34. The van der Waals surface area contributed by atoms with E-state index in [2.05, 4.69) is 34.6 Å². The van der Waals surface area contributed by atoms with Gasteiger partial charge in [-0.3, -0.25) is 4.79 Å². The van der Waals surface area contributed by atoms with Crippen molar-refractivity contribution in [1.29, 1.82) is 0 Å². The maximum atomic E-state index is 11.9. The first-order valence-electron chi connectivity index (χ1n) is 13.4. The second-order valence-electron chi connectivity index (χ2n) is 13.0. The summed E-state index contributed by atoms with van der Waals surface area (Å²) in [6.45, 7) is 13.7. The Bertz CT molecular complexity index is 673. The lowest BCUT2D eigenvalue weighted by atomic mass is 9.53. The molecule has 4 rings (SSSR count). The zero-order chi connectivity index (χ0) is 22.6. The van der Waals surface area contributed by atoms with Gasteiger partial charge in [-0.15, -0.1) is 0 Å². The highest BCUT2D eigenvalue weighted by Gasteiger charge is 2.68. The molecule has 0 saturated heterocycles. The molecule has 0 spiro atoms. The molecule has 1 N–H and O–H groups in total. The van der Waals surface area contributed by atoms with Gasteiger partial charge in [-0.05, 0) is 91.3 Å². The largest absolute Gasteiger partial charge is 0.462 e.